The molecule has 0 aliphatic carbocycles. The number of aryl methyl sites for hydroxylation is 1. The van der Waals surface area contributed by atoms with E-state index in [0.29, 0.717) is 31.7 Å². The molecule has 2 heterocycles. The molecule has 1 saturated heterocycles. The molecule has 2 rings (SSSR count). The number of unbranched alkanes of at least 4 members (excludes halogenated alkanes) is 2. The lowest BCUT2D eigenvalue weighted by molar-refractivity contribution is -0.144. The van der Waals surface area contributed by atoms with Crippen molar-refractivity contribution in [2.24, 2.45) is 5.92 Å². The number of thiazole rings is 1. The molecule has 1 aromatic rings. The molecule has 9 heteroatoms. The second-order valence-corrected chi connectivity index (χ2v) is 10.5. The number of hydrogen-bond acceptors (Lipinski definition) is 7. The average Bonchev–Trinajstić information content (AvgIpc) is 3.33. The third kappa shape index (κ3) is 9.61. The highest BCUT2D eigenvalue weighted by molar-refractivity contribution is 7.09. The van der Waals surface area contributed by atoms with E-state index in [1.165, 1.54) is 11.3 Å². The van der Waals surface area contributed by atoms with Crippen molar-refractivity contribution < 1.29 is 19.1 Å². The van der Waals surface area contributed by atoms with Gasteiger partial charge in [0, 0.05) is 25.0 Å². The number of nitrogens with one attached hydrogen (secondary N) is 1. The zero-order valence-electron chi connectivity index (χ0n) is 22.0. The quantitative estimate of drug-likeness (QED) is 0.207. The zero-order valence-corrected chi connectivity index (χ0v) is 22.8. The van der Waals surface area contributed by atoms with Gasteiger partial charge in [0.2, 0.25) is 11.8 Å². The Morgan fingerprint density at radius 3 is 2.77 bits per heavy atom. The normalized spacial score (nSPS) is 18.1. The van der Waals surface area contributed by atoms with Crippen LogP contribution in [0.4, 0.5) is 0 Å². The van der Waals surface area contributed by atoms with E-state index in [2.05, 4.69) is 22.1 Å². The molecule has 0 spiro atoms. The van der Waals surface area contributed by atoms with Crippen molar-refractivity contribution >= 4 is 29.4 Å². The van der Waals surface area contributed by atoms with Gasteiger partial charge in [-0.15, -0.1) is 11.3 Å². The second kappa shape index (κ2) is 16.0. The van der Waals surface area contributed by atoms with E-state index < -0.39 is 6.04 Å². The van der Waals surface area contributed by atoms with Crippen molar-refractivity contribution in [2.75, 3.05) is 33.5 Å². The van der Waals surface area contributed by atoms with Crippen molar-refractivity contribution in [1.29, 1.82) is 0 Å². The third-order valence-electron chi connectivity index (χ3n) is 6.81. The number of hydrogen-bond donors (Lipinski definition) is 1. The van der Waals surface area contributed by atoms with E-state index in [-0.39, 0.29) is 30.5 Å². The Morgan fingerprint density at radius 1 is 1.31 bits per heavy atom. The molecule has 0 saturated carbocycles. The fraction of sp³-hybridized carbons (Fsp3) is 0.769. The van der Waals surface area contributed by atoms with Crippen molar-refractivity contribution in [3.63, 3.8) is 0 Å². The minimum atomic E-state index is -0.580. The summed E-state index contributed by atoms with van der Waals surface area (Å²) in [6.45, 7) is 8.45. The van der Waals surface area contributed by atoms with Gasteiger partial charge < -0.3 is 15.0 Å². The molecule has 1 aliphatic rings. The van der Waals surface area contributed by atoms with Gasteiger partial charge in [-0.3, -0.25) is 19.3 Å². The molecule has 1 fully saturated rings. The molecule has 8 nitrogen and oxygen atoms in total. The van der Waals surface area contributed by atoms with Gasteiger partial charge in [-0.1, -0.05) is 46.5 Å². The van der Waals surface area contributed by atoms with Gasteiger partial charge in [-0.2, -0.15) is 0 Å². The van der Waals surface area contributed by atoms with Gasteiger partial charge in [0.15, 0.2) is 6.29 Å². The lowest BCUT2D eigenvalue weighted by atomic mass is 9.96. The maximum Gasteiger partial charge on any atom is 0.247 e. The van der Waals surface area contributed by atoms with Crippen molar-refractivity contribution in [3.8, 4) is 0 Å². The standard InChI is InChI=1S/C26H44N4O4S/c1-5-7-10-16-34-19-30(15-11-13-23-27-21(17-31)18-35-23)26(33)24(20(3)6-2)28-25(32)22-12-8-9-14-29(22)4/h17-18,20,22,24H,5-16,19H2,1-4H3,(H,28,32). The van der Waals surface area contributed by atoms with Crippen LogP contribution in [0.25, 0.3) is 0 Å². The topological polar surface area (TPSA) is 91.8 Å². The molecule has 198 valence electrons. The fourth-order valence-electron chi connectivity index (χ4n) is 4.32. The number of carbonyl (C=O) groups is 3. The van der Waals surface area contributed by atoms with Crippen LogP contribution < -0.4 is 5.32 Å². The van der Waals surface area contributed by atoms with Crippen molar-refractivity contribution in [3.05, 3.63) is 16.1 Å². The number of ether oxygens (including phenoxy) is 1. The van der Waals surface area contributed by atoms with E-state index in [1.54, 1.807) is 10.3 Å². The molecular formula is C26H44N4O4S. The van der Waals surface area contributed by atoms with E-state index >= 15 is 0 Å². The number of aldehydes is 1. The Labute approximate surface area is 214 Å². The first-order valence-electron chi connectivity index (χ1n) is 13.2. The van der Waals surface area contributed by atoms with Crippen LogP contribution >= 0.6 is 11.3 Å². The predicted molar refractivity (Wildman–Crippen MR) is 140 cm³/mol. The monoisotopic (exact) mass is 508 g/mol. The minimum absolute atomic E-state index is 0.0112. The summed E-state index contributed by atoms with van der Waals surface area (Å²) in [7, 11) is 1.98. The summed E-state index contributed by atoms with van der Waals surface area (Å²) >= 11 is 1.46. The number of nitrogens with zero attached hydrogens (tertiary/aromatic N) is 3. The summed E-state index contributed by atoms with van der Waals surface area (Å²) in [5.41, 5.74) is 0.449. The second-order valence-electron chi connectivity index (χ2n) is 9.60. The first kappa shape index (κ1) is 29.4. The number of rotatable bonds is 16. The number of piperidine rings is 1. The van der Waals surface area contributed by atoms with Crippen molar-refractivity contribution in [2.45, 2.75) is 90.6 Å². The summed E-state index contributed by atoms with van der Waals surface area (Å²) in [4.78, 5) is 45.9. The smallest absolute Gasteiger partial charge is 0.247 e. The van der Waals surface area contributed by atoms with Gasteiger partial charge in [0.25, 0.3) is 0 Å². The Balaban J connectivity index is 2.06. The maximum absolute atomic E-state index is 13.7. The molecule has 0 bridgehead atoms. The van der Waals surface area contributed by atoms with Crippen LogP contribution in [0.15, 0.2) is 5.38 Å². The molecule has 0 radical (unpaired) electrons. The summed E-state index contributed by atoms with van der Waals surface area (Å²) in [6, 6.07) is -0.762. The van der Waals surface area contributed by atoms with Gasteiger partial charge in [-0.05, 0) is 45.2 Å². The largest absolute Gasteiger partial charge is 0.361 e. The van der Waals surface area contributed by atoms with E-state index in [9.17, 15) is 14.4 Å². The van der Waals surface area contributed by atoms with Crippen molar-refractivity contribution in [1.82, 2.24) is 20.1 Å². The van der Waals surface area contributed by atoms with Gasteiger partial charge in [0.05, 0.1) is 11.0 Å². The highest BCUT2D eigenvalue weighted by Gasteiger charge is 2.34. The zero-order chi connectivity index (χ0) is 25.6. The average molecular weight is 509 g/mol. The van der Waals surface area contributed by atoms with E-state index in [4.69, 9.17) is 4.74 Å². The highest BCUT2D eigenvalue weighted by Crippen LogP contribution is 2.18. The summed E-state index contributed by atoms with van der Waals surface area (Å²) in [6.07, 6.45) is 9.07. The Bertz CT molecular complexity index is 787. The third-order valence-corrected chi connectivity index (χ3v) is 7.74. The van der Waals surface area contributed by atoms with Gasteiger partial charge >= 0.3 is 0 Å². The molecule has 0 aromatic carbocycles. The molecule has 1 aliphatic heterocycles. The molecule has 3 unspecified atom stereocenters. The van der Waals surface area contributed by atoms with Crippen LogP contribution in [0.1, 0.15) is 87.6 Å². The molecule has 35 heavy (non-hydrogen) atoms. The van der Waals surface area contributed by atoms with Gasteiger partial charge in [-0.25, -0.2) is 4.98 Å². The Morgan fingerprint density at radius 2 is 2.11 bits per heavy atom. The maximum atomic E-state index is 13.7. The van der Waals surface area contributed by atoms with Crippen LogP contribution in [0.3, 0.4) is 0 Å². The summed E-state index contributed by atoms with van der Waals surface area (Å²) in [5.74, 6) is -0.134. The molecule has 1 N–H and O–H groups in total. The first-order chi connectivity index (χ1) is 16.9. The van der Waals surface area contributed by atoms with Crippen LogP contribution in [0.5, 0.6) is 0 Å². The minimum Gasteiger partial charge on any atom is -0.361 e. The number of likely N-dealkylation sites (tertiary alicyclic amines) is 1. The Hall–Kier alpha value is -1.84. The predicted octanol–water partition coefficient (Wildman–Crippen LogP) is 3.90. The molecule has 3 atom stereocenters. The lowest BCUT2D eigenvalue weighted by Gasteiger charge is -2.35. The first-order valence-corrected chi connectivity index (χ1v) is 14.1. The van der Waals surface area contributed by atoms with Gasteiger partial charge in [0.1, 0.15) is 18.5 Å². The highest BCUT2D eigenvalue weighted by atomic mass is 32.1. The number of likely N-dealkylation sites (N-methyl/N-ethyl adjacent to an activating group) is 1. The molecular weight excluding hydrogens is 464 g/mol. The number of carbonyl (C=O) groups excluding carboxylic acids is 3. The lowest BCUT2D eigenvalue weighted by Crippen LogP contribution is -2.57. The summed E-state index contributed by atoms with van der Waals surface area (Å²) in [5, 5.41) is 5.73. The summed E-state index contributed by atoms with van der Waals surface area (Å²) < 4.78 is 5.87. The molecule has 1 aromatic heterocycles. The van der Waals surface area contributed by atoms with Crippen LogP contribution in [0.2, 0.25) is 0 Å². The van der Waals surface area contributed by atoms with Crippen LogP contribution in [0, 0.1) is 5.92 Å². The van der Waals surface area contributed by atoms with Crippen LogP contribution in [-0.2, 0) is 20.7 Å². The van der Waals surface area contributed by atoms with E-state index in [0.717, 1.165) is 62.8 Å². The number of aromatic nitrogens is 1. The fourth-order valence-corrected chi connectivity index (χ4v) is 5.10. The molecule has 2 amide bonds. The number of amides is 2. The SMILES string of the molecule is CCCCCOCN(CCCc1nc(C=O)cs1)C(=O)C(NC(=O)C1CCCCN1C)C(C)CC. The van der Waals surface area contributed by atoms with E-state index in [1.807, 2.05) is 20.9 Å². The van der Waals surface area contributed by atoms with Crippen LogP contribution in [-0.4, -0.2) is 78.4 Å². The Kier molecular flexibility index (Phi) is 13.4.